The molecule has 9 N–H and O–H groups in total. The van der Waals surface area contributed by atoms with Gasteiger partial charge < -0.3 is 45.7 Å². The Morgan fingerprint density at radius 3 is 1.74 bits per heavy atom. The quantitative estimate of drug-likeness (QED) is 0.0974. The smallest absolute Gasteiger partial charge is 0.307 e. The summed E-state index contributed by atoms with van der Waals surface area (Å²) in [6.45, 7) is 1.67. The minimum atomic E-state index is -1.67. The van der Waals surface area contributed by atoms with Gasteiger partial charge in [0.05, 0.1) is 48.1 Å². The molecule has 282 valence electrons. The molecule has 1 unspecified atom stereocenters. The molecule has 2 aliphatic rings. The van der Waals surface area contributed by atoms with Crippen molar-refractivity contribution in [1.29, 1.82) is 0 Å². The van der Waals surface area contributed by atoms with E-state index in [9.17, 15) is 64.5 Å². The van der Waals surface area contributed by atoms with Crippen molar-refractivity contribution in [3.8, 4) is 0 Å². The summed E-state index contributed by atoms with van der Waals surface area (Å²) in [5.41, 5.74) is 3.77. The van der Waals surface area contributed by atoms with Crippen LogP contribution in [0, 0.1) is 0 Å². The molecule has 0 spiro atoms. The molecule has 0 fully saturated rings. The fourth-order valence-corrected chi connectivity index (χ4v) is 6.68. The van der Waals surface area contributed by atoms with Crippen LogP contribution >= 0.6 is 0 Å². The number of carboxylic acid groups (broad SMARTS) is 6. The van der Waals surface area contributed by atoms with E-state index in [0.29, 0.717) is 33.3 Å². The second-order valence-corrected chi connectivity index (χ2v) is 12.8. The molecule has 2 aliphatic heterocycles. The molecule has 5 rings (SSSR count). The number of aromatic amines is 2. The van der Waals surface area contributed by atoms with Gasteiger partial charge in [-0.2, -0.15) is 0 Å². The SMILES string of the molecule is CC1=C(CCC(=O)O)c2cc3nc(cc4[nH]c(cc4CCC(=O)O)cc4[nH]c(cc1n2)c(CC(=O)O)c4C(O)CC(=O)O)C(CC(=O)O)=C3CCC(=O)O. The van der Waals surface area contributed by atoms with Crippen LogP contribution in [0.15, 0.2) is 30.3 Å². The van der Waals surface area contributed by atoms with E-state index >= 15 is 0 Å². The molecule has 0 radical (unpaired) electrons. The zero-order chi connectivity index (χ0) is 39.4. The Morgan fingerprint density at radius 2 is 1.13 bits per heavy atom. The van der Waals surface area contributed by atoms with Crippen LogP contribution in [0.1, 0.15) is 97.4 Å². The predicted molar refractivity (Wildman–Crippen MR) is 191 cm³/mol. The number of aryl methyl sites for hydroxylation is 1. The second kappa shape index (κ2) is 16.0. The van der Waals surface area contributed by atoms with Crippen LogP contribution in [-0.4, -0.2) is 91.5 Å². The number of nitrogens with one attached hydrogen (secondary N) is 2. The molecule has 0 saturated carbocycles. The number of aliphatic hydroxyl groups is 1. The lowest BCUT2D eigenvalue weighted by atomic mass is 9.96. The Kier molecular flexibility index (Phi) is 11.4. The van der Waals surface area contributed by atoms with Crippen molar-refractivity contribution >= 4 is 80.2 Å². The fourth-order valence-electron chi connectivity index (χ4n) is 6.68. The molecule has 3 aromatic heterocycles. The number of aliphatic carboxylic acids is 6. The monoisotopic (exact) mass is 744 g/mol. The van der Waals surface area contributed by atoms with Gasteiger partial charge in [-0.1, -0.05) is 0 Å². The minimum Gasteiger partial charge on any atom is -0.481 e. The van der Waals surface area contributed by atoms with Gasteiger partial charge in [0, 0.05) is 46.9 Å². The lowest BCUT2D eigenvalue weighted by Gasteiger charge is -2.09. The molecule has 17 nitrogen and oxygen atoms in total. The number of nitrogens with zero attached hydrogens (tertiary/aromatic N) is 2. The molecule has 0 aromatic carbocycles. The van der Waals surface area contributed by atoms with E-state index in [1.165, 1.54) is 24.3 Å². The highest BCUT2D eigenvalue weighted by Crippen LogP contribution is 2.39. The lowest BCUT2D eigenvalue weighted by molar-refractivity contribution is -0.140. The van der Waals surface area contributed by atoms with Gasteiger partial charge in [-0.3, -0.25) is 28.8 Å². The average Bonchev–Trinajstić information content (AvgIpc) is 3.76. The summed E-state index contributed by atoms with van der Waals surface area (Å²) >= 11 is 0. The summed E-state index contributed by atoms with van der Waals surface area (Å²) in [5, 5.41) is 69.1. The molecule has 3 aromatic rings. The number of hydrogen-bond donors (Lipinski definition) is 9. The summed E-state index contributed by atoms with van der Waals surface area (Å²) in [4.78, 5) is 86.7. The number of H-pyrrole nitrogens is 2. The largest absolute Gasteiger partial charge is 0.481 e. The topological polar surface area (TPSA) is 301 Å². The van der Waals surface area contributed by atoms with Gasteiger partial charge in [-0.25, -0.2) is 9.97 Å². The van der Waals surface area contributed by atoms with Crippen molar-refractivity contribution in [2.45, 2.75) is 70.8 Å². The third kappa shape index (κ3) is 8.87. The minimum absolute atomic E-state index is 0.0000178. The Balaban J connectivity index is 1.99. The van der Waals surface area contributed by atoms with Crippen LogP contribution in [0.3, 0.4) is 0 Å². The number of carbonyl (C=O) groups is 6. The van der Waals surface area contributed by atoms with Gasteiger partial charge >= 0.3 is 35.8 Å². The first-order valence-electron chi connectivity index (χ1n) is 16.7. The molecule has 5 heterocycles. The summed E-state index contributed by atoms with van der Waals surface area (Å²) in [5.74, 6) is -7.23. The molecule has 0 amide bonds. The van der Waals surface area contributed by atoms with Crippen LogP contribution in [-0.2, 0) is 41.6 Å². The van der Waals surface area contributed by atoms with E-state index in [4.69, 9.17) is 9.97 Å². The normalized spacial score (nSPS) is 13.2. The van der Waals surface area contributed by atoms with E-state index in [-0.39, 0.29) is 89.0 Å². The van der Waals surface area contributed by atoms with E-state index in [1.54, 1.807) is 13.0 Å². The lowest BCUT2D eigenvalue weighted by Crippen LogP contribution is -2.09. The Bertz CT molecular complexity index is 2330. The highest BCUT2D eigenvalue weighted by atomic mass is 16.4. The van der Waals surface area contributed by atoms with E-state index in [2.05, 4.69) is 9.97 Å². The number of fused-ring (bicyclic) bond motifs is 8. The summed E-state index contributed by atoms with van der Waals surface area (Å²) in [6, 6.07) is 7.59. The maximum atomic E-state index is 12.2. The van der Waals surface area contributed by atoms with Crippen molar-refractivity contribution in [1.82, 2.24) is 19.9 Å². The molecule has 8 bridgehead atoms. The van der Waals surface area contributed by atoms with Crippen molar-refractivity contribution in [2.24, 2.45) is 0 Å². The van der Waals surface area contributed by atoms with Crippen LogP contribution in [0.4, 0.5) is 0 Å². The van der Waals surface area contributed by atoms with Crippen molar-refractivity contribution < 1.29 is 64.5 Å². The van der Waals surface area contributed by atoms with Gasteiger partial charge in [-0.05, 0) is 89.9 Å². The molecule has 0 saturated heterocycles. The number of aromatic nitrogens is 4. The van der Waals surface area contributed by atoms with Crippen molar-refractivity contribution in [3.05, 3.63) is 69.8 Å². The molecule has 1 atom stereocenters. The molecule has 0 aliphatic carbocycles. The summed E-state index contributed by atoms with van der Waals surface area (Å²) < 4.78 is 0. The third-order valence-corrected chi connectivity index (χ3v) is 9.05. The van der Waals surface area contributed by atoms with Crippen molar-refractivity contribution in [2.75, 3.05) is 0 Å². The number of hydrogen-bond acceptors (Lipinski definition) is 9. The fraction of sp³-hybridized carbons (Fsp3) is 0.297. The molecule has 54 heavy (non-hydrogen) atoms. The average molecular weight is 745 g/mol. The Labute approximate surface area is 305 Å². The van der Waals surface area contributed by atoms with Crippen LogP contribution < -0.4 is 0 Å². The summed E-state index contributed by atoms with van der Waals surface area (Å²) in [7, 11) is 0. The zero-order valence-corrected chi connectivity index (χ0v) is 28.8. The maximum absolute atomic E-state index is 12.2. The van der Waals surface area contributed by atoms with E-state index in [0.717, 1.165) is 0 Å². The van der Waals surface area contributed by atoms with Crippen LogP contribution in [0.5, 0.6) is 0 Å². The first-order valence-corrected chi connectivity index (χ1v) is 16.7. The zero-order valence-electron chi connectivity index (χ0n) is 28.8. The van der Waals surface area contributed by atoms with Gasteiger partial charge in [-0.15, -0.1) is 0 Å². The van der Waals surface area contributed by atoms with E-state index < -0.39 is 61.2 Å². The van der Waals surface area contributed by atoms with Gasteiger partial charge in [0.15, 0.2) is 0 Å². The first kappa shape index (κ1) is 38.6. The predicted octanol–water partition coefficient (Wildman–Crippen LogP) is 4.51. The van der Waals surface area contributed by atoms with Crippen LogP contribution in [0.25, 0.3) is 44.4 Å². The highest BCUT2D eigenvalue weighted by molar-refractivity contribution is 6.00. The van der Waals surface area contributed by atoms with Gasteiger partial charge in [0.1, 0.15) is 0 Å². The Morgan fingerprint density at radius 1 is 0.574 bits per heavy atom. The molecular formula is C37H36N4O13. The van der Waals surface area contributed by atoms with Crippen molar-refractivity contribution in [3.63, 3.8) is 0 Å². The maximum Gasteiger partial charge on any atom is 0.307 e. The summed E-state index contributed by atoms with van der Waals surface area (Å²) in [6.07, 6.45) is -4.73. The third-order valence-electron chi connectivity index (χ3n) is 9.05. The standard InChI is InChI=1S/C37H36N4O13/c1-16-19(3-6-32(45)46)25-14-26-20(4-7-33(47)48)21(10-34(49)50)27(40-26)13-24-17(2-5-31(43)44)8-18(38-24)9-29-37(30(42)15-36(53)54)22(11-35(51)52)28(41-29)12-23(16)39-25/h8-9,12-14,30,38,41-42H,2-7,10-11,15H2,1H3,(H,43,44)(H,45,46)(H,47,48)(H,49,50)(H,51,52)(H,53,54). The molecular weight excluding hydrogens is 708 g/mol. The number of allylic oxidation sites excluding steroid dienone is 3. The number of carboxylic acids is 6. The Hall–Kier alpha value is -6.62. The molecule has 17 heteroatoms. The van der Waals surface area contributed by atoms with Gasteiger partial charge in [0.2, 0.25) is 0 Å². The first-order chi connectivity index (χ1) is 25.5. The number of rotatable bonds is 16. The second-order valence-electron chi connectivity index (χ2n) is 12.8. The number of aliphatic hydroxyl groups excluding tert-OH is 1. The van der Waals surface area contributed by atoms with E-state index in [1.807, 2.05) is 0 Å². The van der Waals surface area contributed by atoms with Crippen LogP contribution in [0.2, 0.25) is 0 Å². The van der Waals surface area contributed by atoms with Gasteiger partial charge in [0.25, 0.3) is 0 Å². The highest BCUT2D eigenvalue weighted by Gasteiger charge is 2.27.